The van der Waals surface area contributed by atoms with E-state index in [0.717, 1.165) is 5.69 Å². The van der Waals surface area contributed by atoms with Gasteiger partial charge in [-0.2, -0.15) is 0 Å². The summed E-state index contributed by atoms with van der Waals surface area (Å²) in [4.78, 5) is 62.5. The van der Waals surface area contributed by atoms with Crippen molar-refractivity contribution >= 4 is 40.6 Å². The van der Waals surface area contributed by atoms with Crippen LogP contribution in [-0.2, 0) is 20.9 Å². The largest absolute Gasteiger partial charge is 0.497 e. The van der Waals surface area contributed by atoms with Crippen molar-refractivity contribution in [1.82, 2.24) is 9.88 Å². The number of carbonyl (C=O) groups is 4. The lowest BCUT2D eigenvalue weighted by Crippen LogP contribution is -2.46. The van der Waals surface area contributed by atoms with E-state index >= 15 is 0 Å². The van der Waals surface area contributed by atoms with E-state index in [-0.39, 0.29) is 12.1 Å². The van der Waals surface area contributed by atoms with Gasteiger partial charge in [0.1, 0.15) is 18.3 Å². The first-order valence-electron chi connectivity index (χ1n) is 13.6. The lowest BCUT2D eigenvalue weighted by Gasteiger charge is -2.33. The van der Waals surface area contributed by atoms with Crippen LogP contribution in [-0.4, -0.2) is 61.1 Å². The third-order valence-corrected chi connectivity index (χ3v) is 7.21. The minimum Gasteiger partial charge on any atom is -0.497 e. The van der Waals surface area contributed by atoms with Crippen molar-refractivity contribution in [3.05, 3.63) is 114 Å². The molecule has 218 valence electrons. The molecule has 0 spiro atoms. The number of aromatic nitrogens is 1. The first-order chi connectivity index (χ1) is 20.8. The monoisotopic (exact) mass is 577 g/mol. The number of rotatable bonds is 10. The van der Waals surface area contributed by atoms with Gasteiger partial charge in [0.2, 0.25) is 5.91 Å². The fraction of sp³-hybridized carbons (Fsp3) is 0.182. The van der Waals surface area contributed by atoms with Gasteiger partial charge in [-0.3, -0.25) is 29.1 Å². The number of anilines is 3. The fourth-order valence-electron chi connectivity index (χ4n) is 4.96. The molecular weight excluding hydrogens is 546 g/mol. The van der Waals surface area contributed by atoms with E-state index in [2.05, 4.69) is 10.3 Å². The van der Waals surface area contributed by atoms with Crippen molar-refractivity contribution in [2.75, 3.05) is 42.9 Å². The number of amides is 3. The summed E-state index contributed by atoms with van der Waals surface area (Å²) >= 11 is 0. The van der Waals surface area contributed by atoms with Crippen molar-refractivity contribution in [3.8, 4) is 5.75 Å². The van der Waals surface area contributed by atoms with Gasteiger partial charge < -0.3 is 19.9 Å². The molecule has 0 radical (unpaired) electrons. The average Bonchev–Trinajstić information content (AvgIpc) is 3.26. The molecule has 3 aromatic carbocycles. The number of pyridine rings is 1. The van der Waals surface area contributed by atoms with Gasteiger partial charge in [-0.25, -0.2) is 0 Å². The summed E-state index contributed by atoms with van der Waals surface area (Å²) in [7, 11) is 5.39. The minimum absolute atomic E-state index is 0.0218. The molecule has 5 rings (SSSR count). The van der Waals surface area contributed by atoms with Gasteiger partial charge in [-0.1, -0.05) is 30.3 Å². The molecule has 43 heavy (non-hydrogen) atoms. The first kappa shape index (κ1) is 29.0. The number of benzene rings is 3. The summed E-state index contributed by atoms with van der Waals surface area (Å²) in [5.74, 6) is -1.86. The third kappa shape index (κ3) is 6.23. The van der Waals surface area contributed by atoms with Crippen LogP contribution in [0.25, 0.3) is 0 Å². The predicted molar refractivity (Wildman–Crippen MR) is 163 cm³/mol. The van der Waals surface area contributed by atoms with E-state index in [1.165, 1.54) is 9.80 Å². The van der Waals surface area contributed by atoms with Crippen LogP contribution < -0.4 is 19.9 Å². The molecule has 1 N–H and O–H groups in total. The smallest absolute Gasteiger partial charge is 0.299 e. The Morgan fingerprint density at radius 2 is 1.65 bits per heavy atom. The van der Waals surface area contributed by atoms with Crippen LogP contribution in [0.2, 0.25) is 0 Å². The van der Waals surface area contributed by atoms with Crippen molar-refractivity contribution in [2.24, 2.45) is 0 Å². The van der Waals surface area contributed by atoms with E-state index in [1.807, 2.05) is 31.1 Å². The summed E-state index contributed by atoms with van der Waals surface area (Å²) in [6, 6.07) is 23.2. The molecule has 10 nitrogen and oxygen atoms in total. The second kappa shape index (κ2) is 12.6. The SMILES string of the molecule is COc1ccc([C@H](C(=O)Nc2ccc(N(C)C)cc2)N(Cc2cccnc2)C(=O)CN2C(=O)C(=O)c3ccccc32)cc1. The van der Waals surface area contributed by atoms with Gasteiger partial charge in [0.15, 0.2) is 0 Å². The molecule has 1 aliphatic rings. The molecule has 0 bridgehead atoms. The topological polar surface area (TPSA) is 112 Å². The highest BCUT2D eigenvalue weighted by atomic mass is 16.5. The van der Waals surface area contributed by atoms with Crippen LogP contribution in [0.1, 0.15) is 27.5 Å². The predicted octanol–water partition coefficient (Wildman–Crippen LogP) is 4.09. The molecule has 1 aromatic heterocycles. The standard InChI is InChI=1S/C33H31N5O5/c1-36(2)25-14-12-24(13-15-25)35-32(41)30(23-10-16-26(43-3)17-11-23)38(20-22-7-6-18-34-19-22)29(39)21-37-28-9-5-4-8-27(28)31(40)33(37)42/h4-19,30H,20-21H2,1-3H3,(H,35,41)/t30-/m1/s1. The molecular formula is C33H31N5O5. The van der Waals surface area contributed by atoms with Gasteiger partial charge in [0, 0.05) is 44.4 Å². The Bertz CT molecular complexity index is 1640. The molecule has 1 aliphatic heterocycles. The zero-order valence-electron chi connectivity index (χ0n) is 24.1. The van der Waals surface area contributed by atoms with E-state index in [4.69, 9.17) is 4.74 Å². The second-order valence-corrected chi connectivity index (χ2v) is 10.2. The highest BCUT2D eigenvalue weighted by Crippen LogP contribution is 2.31. The Hall–Kier alpha value is -5.51. The summed E-state index contributed by atoms with van der Waals surface area (Å²) in [6.45, 7) is -0.409. The Kier molecular flexibility index (Phi) is 8.47. The number of fused-ring (bicyclic) bond motifs is 1. The molecule has 0 aliphatic carbocycles. The van der Waals surface area contributed by atoms with E-state index < -0.39 is 36.1 Å². The van der Waals surface area contributed by atoms with Crippen molar-refractivity contribution < 1.29 is 23.9 Å². The maximum absolute atomic E-state index is 14.2. The van der Waals surface area contributed by atoms with Gasteiger partial charge >= 0.3 is 0 Å². The number of Topliss-reactive ketones (excluding diaryl/α,β-unsaturated/α-hetero) is 1. The highest BCUT2D eigenvalue weighted by molar-refractivity contribution is 6.52. The zero-order chi connectivity index (χ0) is 30.5. The highest BCUT2D eigenvalue weighted by Gasteiger charge is 2.39. The molecule has 0 fully saturated rings. The van der Waals surface area contributed by atoms with Crippen LogP contribution in [0, 0.1) is 0 Å². The summed E-state index contributed by atoms with van der Waals surface area (Å²) < 4.78 is 5.31. The fourth-order valence-corrected chi connectivity index (χ4v) is 4.96. The number of hydrogen-bond donors (Lipinski definition) is 1. The van der Waals surface area contributed by atoms with Crippen molar-refractivity contribution in [3.63, 3.8) is 0 Å². The minimum atomic E-state index is -1.10. The molecule has 2 heterocycles. The van der Waals surface area contributed by atoms with Crippen molar-refractivity contribution in [2.45, 2.75) is 12.6 Å². The molecule has 4 aromatic rings. The lowest BCUT2D eigenvalue weighted by atomic mass is 10.0. The number of ether oxygens (including phenoxy) is 1. The molecule has 0 saturated carbocycles. The Morgan fingerprint density at radius 3 is 2.30 bits per heavy atom. The average molecular weight is 578 g/mol. The van der Waals surface area contributed by atoms with E-state index in [1.54, 1.807) is 92.3 Å². The first-order valence-corrected chi connectivity index (χ1v) is 13.6. The van der Waals surface area contributed by atoms with Crippen LogP contribution in [0.15, 0.2) is 97.3 Å². The molecule has 10 heteroatoms. The Balaban J connectivity index is 1.53. The molecule has 0 saturated heterocycles. The van der Waals surface area contributed by atoms with E-state index in [9.17, 15) is 19.2 Å². The Labute approximate surface area is 249 Å². The summed E-state index contributed by atoms with van der Waals surface area (Å²) in [5.41, 5.74) is 3.33. The second-order valence-electron chi connectivity index (χ2n) is 10.2. The molecule has 0 unspecified atom stereocenters. The number of para-hydroxylation sites is 1. The maximum atomic E-state index is 14.2. The third-order valence-electron chi connectivity index (χ3n) is 7.21. The van der Waals surface area contributed by atoms with Crippen LogP contribution in [0.3, 0.4) is 0 Å². The number of methoxy groups -OCH3 is 1. The van der Waals surface area contributed by atoms with Crippen molar-refractivity contribution in [1.29, 1.82) is 0 Å². The zero-order valence-corrected chi connectivity index (χ0v) is 24.1. The number of nitrogens with one attached hydrogen (secondary N) is 1. The summed E-state index contributed by atoms with van der Waals surface area (Å²) in [5, 5.41) is 2.95. The lowest BCUT2D eigenvalue weighted by molar-refractivity contribution is -0.139. The molecule has 3 amide bonds. The van der Waals surface area contributed by atoms with Gasteiger partial charge in [0.05, 0.1) is 18.4 Å². The van der Waals surface area contributed by atoms with Crippen LogP contribution in [0.5, 0.6) is 5.75 Å². The quantitative estimate of drug-likeness (QED) is 0.283. The van der Waals surface area contributed by atoms with Crippen LogP contribution in [0.4, 0.5) is 17.1 Å². The molecule has 1 atom stereocenters. The number of nitrogens with zero attached hydrogens (tertiary/aromatic N) is 4. The Morgan fingerprint density at radius 1 is 0.930 bits per heavy atom. The normalized spacial score (nSPS) is 12.9. The van der Waals surface area contributed by atoms with Crippen LogP contribution >= 0.6 is 0 Å². The van der Waals surface area contributed by atoms with Gasteiger partial charge in [0.25, 0.3) is 17.6 Å². The number of ketones is 1. The number of hydrogen-bond acceptors (Lipinski definition) is 7. The maximum Gasteiger partial charge on any atom is 0.299 e. The number of carbonyl (C=O) groups excluding carboxylic acids is 4. The van der Waals surface area contributed by atoms with Gasteiger partial charge in [-0.05, 0) is 65.7 Å². The van der Waals surface area contributed by atoms with E-state index in [0.29, 0.717) is 28.3 Å². The van der Waals surface area contributed by atoms with Gasteiger partial charge in [-0.15, -0.1) is 0 Å². The summed E-state index contributed by atoms with van der Waals surface area (Å²) in [6.07, 6.45) is 3.23.